The van der Waals surface area contributed by atoms with Crippen LogP contribution in [0.3, 0.4) is 0 Å². The van der Waals surface area contributed by atoms with Crippen LogP contribution in [0.1, 0.15) is 13.3 Å². The molecule has 0 saturated carbocycles. The van der Waals surface area contributed by atoms with Gasteiger partial charge in [0.1, 0.15) is 11.9 Å². The molecule has 6 nitrogen and oxygen atoms in total. The van der Waals surface area contributed by atoms with E-state index >= 15 is 0 Å². The number of anilines is 2. The highest BCUT2D eigenvalue weighted by atomic mass is 32.2. The average Bonchev–Trinajstić information content (AvgIpc) is 2.83. The van der Waals surface area contributed by atoms with E-state index in [9.17, 15) is 13.4 Å². The first kappa shape index (κ1) is 19.0. The molecule has 0 aliphatic carbocycles. The number of hydrogen-bond acceptors (Lipinski definition) is 5. The SMILES string of the molecule is CC(=S)NC[C@H]1CN(c2ccc(N3CCCS(=O)CC3)c(F)c2)C(=O)O1. The van der Waals surface area contributed by atoms with Gasteiger partial charge < -0.3 is 15.0 Å². The Morgan fingerprint density at radius 1 is 1.42 bits per heavy atom. The number of halogens is 1. The number of thiocarbonyl (C=S) groups is 1. The summed E-state index contributed by atoms with van der Waals surface area (Å²) in [5.74, 6) is 0.819. The molecule has 0 radical (unpaired) electrons. The second-order valence-corrected chi connectivity index (χ2v) is 8.69. The summed E-state index contributed by atoms with van der Waals surface area (Å²) in [4.78, 5) is 16.1. The molecule has 2 aliphatic heterocycles. The normalized spacial score (nSPS) is 23.5. The lowest BCUT2D eigenvalue weighted by molar-refractivity contribution is 0.143. The van der Waals surface area contributed by atoms with Gasteiger partial charge in [-0.05, 0) is 31.5 Å². The third-order valence-corrected chi connectivity index (χ3v) is 5.95. The summed E-state index contributed by atoms with van der Waals surface area (Å²) in [6.45, 7) is 3.78. The summed E-state index contributed by atoms with van der Waals surface area (Å²) in [6.07, 6.45) is -0.0416. The van der Waals surface area contributed by atoms with Crippen molar-refractivity contribution >= 4 is 45.5 Å². The summed E-state index contributed by atoms with van der Waals surface area (Å²) in [5, 5.41) is 2.97. The molecule has 2 fully saturated rings. The van der Waals surface area contributed by atoms with Gasteiger partial charge in [-0.1, -0.05) is 12.2 Å². The number of rotatable bonds is 4. The second-order valence-electron chi connectivity index (χ2n) is 6.38. The van der Waals surface area contributed by atoms with Crippen molar-refractivity contribution < 1.29 is 18.1 Å². The average molecular weight is 400 g/mol. The van der Waals surface area contributed by atoms with Crippen LogP contribution in [-0.2, 0) is 15.5 Å². The van der Waals surface area contributed by atoms with E-state index in [4.69, 9.17) is 17.0 Å². The molecule has 0 bridgehead atoms. The van der Waals surface area contributed by atoms with E-state index in [1.165, 1.54) is 11.0 Å². The highest BCUT2D eigenvalue weighted by molar-refractivity contribution is 7.85. The summed E-state index contributed by atoms with van der Waals surface area (Å²) >= 11 is 4.95. The largest absolute Gasteiger partial charge is 0.442 e. The van der Waals surface area contributed by atoms with Crippen LogP contribution in [0.25, 0.3) is 0 Å². The second kappa shape index (κ2) is 8.30. The summed E-state index contributed by atoms with van der Waals surface area (Å²) in [5.41, 5.74) is 0.950. The van der Waals surface area contributed by atoms with Crippen LogP contribution in [0.4, 0.5) is 20.6 Å². The van der Waals surface area contributed by atoms with Crippen molar-refractivity contribution in [3.63, 3.8) is 0 Å². The third kappa shape index (κ3) is 4.50. The lowest BCUT2D eigenvalue weighted by Crippen LogP contribution is -2.32. The van der Waals surface area contributed by atoms with Crippen molar-refractivity contribution in [1.29, 1.82) is 0 Å². The molecule has 142 valence electrons. The molecule has 1 aromatic carbocycles. The van der Waals surface area contributed by atoms with Crippen molar-refractivity contribution in [2.24, 2.45) is 0 Å². The highest BCUT2D eigenvalue weighted by Crippen LogP contribution is 2.28. The standard InChI is InChI=1S/C17H22FN3O3S2/c1-12(25)19-10-14-11-21(17(22)24-14)13-3-4-16(15(18)9-13)20-5-2-7-26(23)8-6-20/h3-4,9,14H,2,5-8,10-11H2,1H3,(H,19,25)/t14-,26?/m0/s1. The lowest BCUT2D eigenvalue weighted by atomic mass is 10.2. The van der Waals surface area contributed by atoms with E-state index in [2.05, 4.69) is 5.32 Å². The Hall–Kier alpha value is -1.74. The Labute approximate surface area is 160 Å². The fraction of sp³-hybridized carbons (Fsp3) is 0.529. The van der Waals surface area contributed by atoms with Gasteiger partial charge in [-0.15, -0.1) is 0 Å². The monoisotopic (exact) mass is 399 g/mol. The zero-order chi connectivity index (χ0) is 18.7. The number of amides is 1. The van der Waals surface area contributed by atoms with Crippen molar-refractivity contribution in [2.45, 2.75) is 19.4 Å². The van der Waals surface area contributed by atoms with E-state index in [-0.39, 0.29) is 11.9 Å². The molecule has 1 unspecified atom stereocenters. The number of nitrogens with one attached hydrogen (secondary N) is 1. The van der Waals surface area contributed by atoms with E-state index in [0.29, 0.717) is 54.0 Å². The molecular weight excluding hydrogens is 377 g/mol. The third-order valence-electron chi connectivity index (χ3n) is 4.43. The molecule has 9 heteroatoms. The number of nitrogens with zero attached hydrogens (tertiary/aromatic N) is 2. The maximum absolute atomic E-state index is 14.7. The first-order chi connectivity index (χ1) is 12.4. The predicted molar refractivity (Wildman–Crippen MR) is 105 cm³/mol. The molecular formula is C17H22FN3O3S2. The van der Waals surface area contributed by atoms with Crippen molar-refractivity contribution in [1.82, 2.24) is 5.32 Å². The maximum Gasteiger partial charge on any atom is 0.414 e. The molecule has 0 aromatic heterocycles. The molecule has 2 atom stereocenters. The van der Waals surface area contributed by atoms with E-state index in [0.717, 1.165) is 6.42 Å². The minimum absolute atomic E-state index is 0.330. The highest BCUT2D eigenvalue weighted by Gasteiger charge is 2.32. The van der Waals surface area contributed by atoms with E-state index in [1.807, 2.05) is 4.90 Å². The zero-order valence-electron chi connectivity index (χ0n) is 14.6. The molecule has 2 aliphatic rings. The first-order valence-corrected chi connectivity index (χ1v) is 10.5. The fourth-order valence-corrected chi connectivity index (χ4v) is 4.26. The predicted octanol–water partition coefficient (Wildman–Crippen LogP) is 2.05. The van der Waals surface area contributed by atoms with Crippen LogP contribution in [0.5, 0.6) is 0 Å². The molecule has 1 amide bonds. The fourth-order valence-electron chi connectivity index (χ4n) is 3.10. The number of cyclic esters (lactones) is 1. The van der Waals surface area contributed by atoms with Crippen molar-refractivity contribution in [3.8, 4) is 0 Å². The number of carbonyl (C=O) groups is 1. The quantitative estimate of drug-likeness (QED) is 0.782. The van der Waals surface area contributed by atoms with Crippen molar-refractivity contribution in [3.05, 3.63) is 24.0 Å². The van der Waals surface area contributed by atoms with Gasteiger partial charge in [0.05, 0.1) is 29.5 Å². The minimum atomic E-state index is -0.828. The Morgan fingerprint density at radius 2 is 2.23 bits per heavy atom. The first-order valence-electron chi connectivity index (χ1n) is 8.56. The Morgan fingerprint density at radius 3 is 2.96 bits per heavy atom. The van der Waals surface area contributed by atoms with Gasteiger partial charge in [-0.2, -0.15) is 0 Å². The number of carbonyl (C=O) groups excluding carboxylic acids is 1. The van der Waals surface area contributed by atoms with Crippen molar-refractivity contribution in [2.75, 3.05) is 47.5 Å². The van der Waals surface area contributed by atoms with Gasteiger partial charge in [-0.25, -0.2) is 9.18 Å². The molecule has 1 N–H and O–H groups in total. The Kier molecular flexibility index (Phi) is 6.08. The lowest BCUT2D eigenvalue weighted by Gasteiger charge is -2.24. The smallest absolute Gasteiger partial charge is 0.414 e. The number of hydrogen-bond donors (Lipinski definition) is 1. The molecule has 1 aromatic rings. The minimum Gasteiger partial charge on any atom is -0.442 e. The molecule has 26 heavy (non-hydrogen) atoms. The molecule has 2 heterocycles. The van der Waals surface area contributed by atoms with Crippen LogP contribution < -0.4 is 15.1 Å². The number of ether oxygens (including phenoxy) is 1. The summed E-state index contributed by atoms with van der Waals surface area (Å²) < 4.78 is 31.6. The Balaban J connectivity index is 1.70. The maximum atomic E-state index is 14.7. The van der Waals surface area contributed by atoms with Crippen LogP contribution in [-0.4, -0.2) is 59.1 Å². The molecule has 3 rings (SSSR count). The van der Waals surface area contributed by atoms with Gasteiger partial charge in [0, 0.05) is 35.4 Å². The van der Waals surface area contributed by atoms with Crippen LogP contribution >= 0.6 is 12.2 Å². The van der Waals surface area contributed by atoms with Gasteiger partial charge in [-0.3, -0.25) is 9.11 Å². The van der Waals surface area contributed by atoms with Crippen LogP contribution in [0.2, 0.25) is 0 Å². The molecule has 0 spiro atoms. The van der Waals surface area contributed by atoms with E-state index in [1.54, 1.807) is 19.1 Å². The van der Waals surface area contributed by atoms with E-state index < -0.39 is 16.9 Å². The van der Waals surface area contributed by atoms with Crippen LogP contribution in [0.15, 0.2) is 18.2 Å². The molecule has 2 saturated heterocycles. The van der Waals surface area contributed by atoms with Gasteiger partial charge in [0.15, 0.2) is 0 Å². The topological polar surface area (TPSA) is 61.9 Å². The van der Waals surface area contributed by atoms with Crippen LogP contribution in [0, 0.1) is 5.82 Å². The Bertz CT molecular complexity index is 731. The summed E-state index contributed by atoms with van der Waals surface area (Å²) in [6, 6.07) is 4.76. The zero-order valence-corrected chi connectivity index (χ0v) is 16.2. The van der Waals surface area contributed by atoms with Gasteiger partial charge in [0.25, 0.3) is 0 Å². The number of benzene rings is 1. The van der Waals surface area contributed by atoms with Gasteiger partial charge in [0.2, 0.25) is 0 Å². The summed E-state index contributed by atoms with van der Waals surface area (Å²) in [7, 11) is -0.828. The van der Waals surface area contributed by atoms with Gasteiger partial charge >= 0.3 is 6.09 Å².